The molecule has 2 aliphatic rings. The first kappa shape index (κ1) is 14.1. The summed E-state index contributed by atoms with van der Waals surface area (Å²) in [6.45, 7) is 7.80. The number of hydrogen-bond acceptors (Lipinski definition) is 3. The van der Waals surface area contributed by atoms with Crippen LogP contribution in [0.15, 0.2) is 24.3 Å². The molecule has 2 saturated heterocycles. The first-order valence-corrected chi connectivity index (χ1v) is 8.09. The van der Waals surface area contributed by atoms with E-state index in [1.165, 1.54) is 43.6 Å². The Morgan fingerprint density at radius 1 is 1.20 bits per heavy atom. The molecular formula is C17H27N3. The van der Waals surface area contributed by atoms with E-state index in [9.17, 15) is 0 Å². The van der Waals surface area contributed by atoms with Crippen LogP contribution in [-0.4, -0.2) is 48.6 Å². The molecule has 2 unspecified atom stereocenters. The average molecular weight is 273 g/mol. The third kappa shape index (κ3) is 2.76. The molecule has 2 fully saturated rings. The summed E-state index contributed by atoms with van der Waals surface area (Å²) < 4.78 is 0. The van der Waals surface area contributed by atoms with E-state index in [0.717, 1.165) is 25.6 Å². The van der Waals surface area contributed by atoms with Gasteiger partial charge in [0.05, 0.1) is 0 Å². The maximum Gasteiger partial charge on any atom is 0.0471 e. The highest BCUT2D eigenvalue weighted by atomic mass is 15.3. The van der Waals surface area contributed by atoms with Crippen LogP contribution in [0.2, 0.25) is 0 Å². The summed E-state index contributed by atoms with van der Waals surface area (Å²) in [6, 6.07) is 10.2. The highest BCUT2D eigenvalue weighted by molar-refractivity contribution is 5.25. The second-order valence-electron chi connectivity index (χ2n) is 6.17. The number of benzene rings is 1. The van der Waals surface area contributed by atoms with Crippen molar-refractivity contribution < 1.29 is 0 Å². The largest absolute Gasteiger partial charge is 0.329 e. The van der Waals surface area contributed by atoms with Crippen molar-refractivity contribution in [3.8, 4) is 0 Å². The van der Waals surface area contributed by atoms with Gasteiger partial charge in [0.25, 0.3) is 0 Å². The van der Waals surface area contributed by atoms with Gasteiger partial charge in [0, 0.05) is 38.3 Å². The first-order chi connectivity index (χ1) is 9.81. The molecule has 110 valence electrons. The van der Waals surface area contributed by atoms with Gasteiger partial charge in [-0.25, -0.2) is 0 Å². The minimum atomic E-state index is 0.392. The summed E-state index contributed by atoms with van der Waals surface area (Å²) in [7, 11) is 0. The van der Waals surface area contributed by atoms with Crippen LogP contribution in [0.1, 0.15) is 36.9 Å². The Bertz CT molecular complexity index is 428. The lowest BCUT2D eigenvalue weighted by atomic mass is 10.0. The van der Waals surface area contributed by atoms with Crippen molar-refractivity contribution in [2.75, 3.05) is 32.7 Å². The van der Waals surface area contributed by atoms with E-state index >= 15 is 0 Å². The molecule has 3 rings (SSSR count). The number of rotatable bonds is 4. The Morgan fingerprint density at radius 2 is 2.00 bits per heavy atom. The van der Waals surface area contributed by atoms with Gasteiger partial charge in [-0.1, -0.05) is 31.2 Å². The molecule has 2 N–H and O–H groups in total. The van der Waals surface area contributed by atoms with Gasteiger partial charge in [-0.15, -0.1) is 0 Å². The molecule has 1 aromatic carbocycles. The summed E-state index contributed by atoms with van der Waals surface area (Å²) in [5, 5.41) is 0. The van der Waals surface area contributed by atoms with Gasteiger partial charge in [-0.2, -0.15) is 0 Å². The van der Waals surface area contributed by atoms with Gasteiger partial charge >= 0.3 is 0 Å². The molecule has 0 saturated carbocycles. The van der Waals surface area contributed by atoms with Crippen molar-refractivity contribution in [2.45, 2.75) is 38.3 Å². The molecule has 0 amide bonds. The Balaban J connectivity index is 1.72. The van der Waals surface area contributed by atoms with Crippen molar-refractivity contribution in [2.24, 2.45) is 5.73 Å². The van der Waals surface area contributed by atoms with E-state index in [4.69, 9.17) is 5.73 Å². The van der Waals surface area contributed by atoms with Crippen LogP contribution in [0.25, 0.3) is 0 Å². The number of fused-ring (bicyclic) bond motifs is 1. The Hall–Kier alpha value is -0.900. The van der Waals surface area contributed by atoms with E-state index in [-0.39, 0.29) is 0 Å². The van der Waals surface area contributed by atoms with Crippen LogP contribution in [0.3, 0.4) is 0 Å². The zero-order valence-electron chi connectivity index (χ0n) is 12.6. The fraction of sp³-hybridized carbons (Fsp3) is 0.647. The summed E-state index contributed by atoms with van der Waals surface area (Å²) in [6.07, 6.45) is 3.84. The third-order valence-electron chi connectivity index (χ3n) is 5.06. The van der Waals surface area contributed by atoms with Crippen molar-refractivity contribution in [1.82, 2.24) is 9.80 Å². The van der Waals surface area contributed by atoms with Gasteiger partial charge in [-0.3, -0.25) is 9.80 Å². The molecule has 0 aromatic heterocycles. The standard InChI is InChI=1S/C17H27N3/c1-2-14-5-7-15(8-6-14)17(12-18)20-11-10-19-9-3-4-16(19)13-20/h5-8,16-17H,2-4,9-13,18H2,1H3. The van der Waals surface area contributed by atoms with Crippen LogP contribution in [0.5, 0.6) is 0 Å². The monoisotopic (exact) mass is 273 g/mol. The summed E-state index contributed by atoms with van der Waals surface area (Å²) in [5.41, 5.74) is 8.88. The fourth-order valence-corrected chi connectivity index (χ4v) is 3.77. The smallest absolute Gasteiger partial charge is 0.0471 e. The Labute approximate surface area is 122 Å². The van der Waals surface area contributed by atoms with Gasteiger partial charge in [0.2, 0.25) is 0 Å². The second kappa shape index (κ2) is 6.25. The normalized spacial score (nSPS) is 25.6. The molecular weight excluding hydrogens is 246 g/mol. The molecule has 0 radical (unpaired) electrons. The Morgan fingerprint density at radius 3 is 2.70 bits per heavy atom. The van der Waals surface area contributed by atoms with E-state index in [1.807, 2.05) is 0 Å². The molecule has 2 heterocycles. The predicted molar refractivity (Wildman–Crippen MR) is 83.8 cm³/mol. The van der Waals surface area contributed by atoms with E-state index in [2.05, 4.69) is 41.0 Å². The highest BCUT2D eigenvalue weighted by Gasteiger charge is 2.33. The van der Waals surface area contributed by atoms with Gasteiger partial charge in [-0.05, 0) is 36.9 Å². The molecule has 2 aliphatic heterocycles. The van der Waals surface area contributed by atoms with Crippen molar-refractivity contribution in [3.05, 3.63) is 35.4 Å². The number of nitrogens with two attached hydrogens (primary N) is 1. The van der Waals surface area contributed by atoms with Gasteiger partial charge < -0.3 is 5.73 Å². The number of piperazine rings is 1. The second-order valence-corrected chi connectivity index (χ2v) is 6.17. The fourth-order valence-electron chi connectivity index (χ4n) is 3.77. The average Bonchev–Trinajstić information content (AvgIpc) is 2.96. The summed E-state index contributed by atoms with van der Waals surface area (Å²) in [4.78, 5) is 5.26. The maximum absolute atomic E-state index is 6.09. The molecule has 3 nitrogen and oxygen atoms in total. The van der Waals surface area contributed by atoms with E-state index in [1.54, 1.807) is 0 Å². The third-order valence-corrected chi connectivity index (χ3v) is 5.06. The van der Waals surface area contributed by atoms with Gasteiger partial charge in [0.15, 0.2) is 0 Å². The maximum atomic E-state index is 6.09. The minimum Gasteiger partial charge on any atom is -0.329 e. The molecule has 2 atom stereocenters. The van der Waals surface area contributed by atoms with E-state index < -0.39 is 0 Å². The van der Waals surface area contributed by atoms with Crippen LogP contribution < -0.4 is 5.73 Å². The van der Waals surface area contributed by atoms with Gasteiger partial charge in [0.1, 0.15) is 0 Å². The zero-order chi connectivity index (χ0) is 13.9. The Kier molecular flexibility index (Phi) is 4.39. The van der Waals surface area contributed by atoms with Crippen LogP contribution in [0.4, 0.5) is 0 Å². The lowest BCUT2D eigenvalue weighted by molar-refractivity contribution is 0.0737. The van der Waals surface area contributed by atoms with Crippen LogP contribution in [0, 0.1) is 0 Å². The molecule has 0 aliphatic carbocycles. The van der Waals surface area contributed by atoms with Crippen LogP contribution >= 0.6 is 0 Å². The lowest BCUT2D eigenvalue weighted by Crippen LogP contribution is -2.52. The topological polar surface area (TPSA) is 32.5 Å². The summed E-state index contributed by atoms with van der Waals surface area (Å²) >= 11 is 0. The van der Waals surface area contributed by atoms with E-state index in [0.29, 0.717) is 6.04 Å². The minimum absolute atomic E-state index is 0.392. The van der Waals surface area contributed by atoms with Crippen molar-refractivity contribution >= 4 is 0 Å². The first-order valence-electron chi connectivity index (χ1n) is 8.09. The summed E-state index contributed by atoms with van der Waals surface area (Å²) in [5.74, 6) is 0. The SMILES string of the molecule is CCc1ccc(C(CN)N2CCN3CCCC3C2)cc1. The lowest BCUT2D eigenvalue weighted by Gasteiger charge is -2.41. The predicted octanol–water partition coefficient (Wildman–Crippen LogP) is 2.03. The highest BCUT2D eigenvalue weighted by Crippen LogP contribution is 2.27. The molecule has 0 spiro atoms. The number of hydrogen-bond donors (Lipinski definition) is 1. The van der Waals surface area contributed by atoms with Crippen molar-refractivity contribution in [3.63, 3.8) is 0 Å². The quantitative estimate of drug-likeness (QED) is 0.911. The molecule has 1 aromatic rings. The number of aryl methyl sites for hydroxylation is 1. The number of nitrogens with zero attached hydrogens (tertiary/aromatic N) is 2. The zero-order valence-corrected chi connectivity index (χ0v) is 12.6. The van der Waals surface area contributed by atoms with Crippen LogP contribution in [-0.2, 0) is 6.42 Å². The molecule has 0 bridgehead atoms. The molecule has 20 heavy (non-hydrogen) atoms. The molecule has 3 heteroatoms. The van der Waals surface area contributed by atoms with Crippen molar-refractivity contribution in [1.29, 1.82) is 0 Å².